The highest BCUT2D eigenvalue weighted by molar-refractivity contribution is 9.10. The SMILES string of the molecule is CC(C)COC(=O)Oc1c(Cl)cc(Cl)cc1Br. The molecule has 1 aromatic rings. The Balaban J connectivity index is 2.72. The molecule has 0 N–H and O–H groups in total. The average molecular weight is 342 g/mol. The Morgan fingerprint density at radius 1 is 1.41 bits per heavy atom. The van der Waals surface area contributed by atoms with Crippen LogP contribution in [0.2, 0.25) is 10.0 Å². The summed E-state index contributed by atoms with van der Waals surface area (Å²) in [7, 11) is 0. The van der Waals surface area contributed by atoms with E-state index in [9.17, 15) is 4.79 Å². The minimum absolute atomic E-state index is 0.199. The molecule has 1 rings (SSSR count). The van der Waals surface area contributed by atoms with Gasteiger partial charge in [-0.15, -0.1) is 0 Å². The maximum Gasteiger partial charge on any atom is 0.513 e. The molecule has 0 spiro atoms. The molecule has 0 aliphatic rings. The number of carbonyl (C=O) groups is 1. The van der Waals surface area contributed by atoms with Crippen molar-refractivity contribution >= 4 is 45.3 Å². The molecule has 0 unspecified atom stereocenters. The van der Waals surface area contributed by atoms with E-state index in [1.165, 1.54) is 6.07 Å². The van der Waals surface area contributed by atoms with Crippen LogP contribution in [0.25, 0.3) is 0 Å². The van der Waals surface area contributed by atoms with Crippen LogP contribution in [0.1, 0.15) is 13.8 Å². The van der Waals surface area contributed by atoms with Crippen molar-refractivity contribution in [2.45, 2.75) is 13.8 Å². The van der Waals surface area contributed by atoms with E-state index >= 15 is 0 Å². The van der Waals surface area contributed by atoms with Crippen LogP contribution in [-0.2, 0) is 4.74 Å². The maximum atomic E-state index is 11.3. The number of hydrogen-bond donors (Lipinski definition) is 0. The number of carbonyl (C=O) groups excluding carboxylic acids is 1. The molecular weight excluding hydrogens is 331 g/mol. The molecular formula is C11H11BrCl2O3. The summed E-state index contributed by atoms with van der Waals surface area (Å²) >= 11 is 14.9. The largest absolute Gasteiger partial charge is 0.513 e. The Morgan fingerprint density at radius 3 is 2.59 bits per heavy atom. The average Bonchev–Trinajstić information content (AvgIpc) is 2.20. The number of rotatable bonds is 3. The second kappa shape index (κ2) is 6.47. The highest BCUT2D eigenvalue weighted by atomic mass is 79.9. The lowest BCUT2D eigenvalue weighted by molar-refractivity contribution is 0.0883. The van der Waals surface area contributed by atoms with E-state index in [2.05, 4.69) is 15.9 Å². The van der Waals surface area contributed by atoms with E-state index in [0.29, 0.717) is 16.1 Å². The molecule has 0 saturated heterocycles. The smallest absolute Gasteiger partial charge is 0.434 e. The predicted molar refractivity (Wildman–Crippen MR) is 71.0 cm³/mol. The Labute approximate surface area is 118 Å². The predicted octanol–water partition coefficient (Wildman–Crippen LogP) is 4.93. The van der Waals surface area contributed by atoms with Crippen LogP contribution in [0.5, 0.6) is 5.75 Å². The summed E-state index contributed by atoms with van der Waals surface area (Å²) in [5, 5.41) is 0.690. The van der Waals surface area contributed by atoms with Gasteiger partial charge in [-0.2, -0.15) is 0 Å². The summed E-state index contributed by atoms with van der Waals surface area (Å²) in [6, 6.07) is 3.07. The van der Waals surface area contributed by atoms with Crippen LogP contribution < -0.4 is 4.74 Å². The first kappa shape index (κ1) is 14.6. The Bertz CT molecular complexity index is 398. The van der Waals surface area contributed by atoms with Crippen molar-refractivity contribution in [2.24, 2.45) is 5.92 Å². The van der Waals surface area contributed by atoms with Gasteiger partial charge in [-0.25, -0.2) is 4.79 Å². The van der Waals surface area contributed by atoms with Crippen molar-refractivity contribution in [1.82, 2.24) is 0 Å². The van der Waals surface area contributed by atoms with Crippen molar-refractivity contribution in [1.29, 1.82) is 0 Å². The van der Waals surface area contributed by atoms with Gasteiger partial charge in [-0.1, -0.05) is 37.0 Å². The molecule has 0 radical (unpaired) electrons. The standard InChI is InChI=1S/C11H11BrCl2O3/c1-6(2)5-16-11(15)17-10-8(12)3-7(13)4-9(10)14/h3-4,6H,5H2,1-2H3. The molecule has 94 valence electrons. The fraction of sp³-hybridized carbons (Fsp3) is 0.364. The van der Waals surface area contributed by atoms with Crippen LogP contribution in [0.15, 0.2) is 16.6 Å². The minimum atomic E-state index is -0.788. The third kappa shape index (κ3) is 4.74. The molecule has 0 bridgehead atoms. The number of ether oxygens (including phenoxy) is 2. The summed E-state index contributed by atoms with van der Waals surface area (Å²) in [5.41, 5.74) is 0. The molecule has 0 aliphatic carbocycles. The molecule has 0 aliphatic heterocycles. The molecule has 0 heterocycles. The lowest BCUT2D eigenvalue weighted by atomic mass is 10.2. The minimum Gasteiger partial charge on any atom is -0.434 e. The van der Waals surface area contributed by atoms with Crippen LogP contribution >= 0.6 is 39.1 Å². The fourth-order valence-corrected chi connectivity index (χ4v) is 2.29. The first-order valence-corrected chi connectivity index (χ1v) is 6.44. The summed E-state index contributed by atoms with van der Waals surface area (Å²) in [5.74, 6) is 0.441. The van der Waals surface area contributed by atoms with Gasteiger partial charge in [0, 0.05) is 5.02 Å². The van der Waals surface area contributed by atoms with E-state index in [1.54, 1.807) is 6.07 Å². The zero-order valence-electron chi connectivity index (χ0n) is 9.30. The van der Waals surface area contributed by atoms with Crippen molar-refractivity contribution < 1.29 is 14.3 Å². The summed E-state index contributed by atoms with van der Waals surface area (Å²) in [4.78, 5) is 11.3. The van der Waals surface area contributed by atoms with Crippen molar-refractivity contribution in [3.63, 3.8) is 0 Å². The molecule has 6 heteroatoms. The van der Waals surface area contributed by atoms with Crippen molar-refractivity contribution in [3.8, 4) is 5.75 Å². The summed E-state index contributed by atoms with van der Waals surface area (Å²) in [6.45, 7) is 4.15. The molecule has 0 fully saturated rings. The molecule has 0 atom stereocenters. The van der Waals surface area contributed by atoms with Gasteiger partial charge in [-0.3, -0.25) is 0 Å². The molecule has 1 aromatic carbocycles. The summed E-state index contributed by atoms with van der Waals surface area (Å²) in [6.07, 6.45) is -0.788. The lowest BCUT2D eigenvalue weighted by Gasteiger charge is -2.10. The third-order valence-corrected chi connectivity index (χ3v) is 2.77. The van der Waals surface area contributed by atoms with E-state index in [4.69, 9.17) is 32.7 Å². The van der Waals surface area contributed by atoms with Crippen molar-refractivity contribution in [2.75, 3.05) is 6.61 Å². The number of benzene rings is 1. The fourth-order valence-electron chi connectivity index (χ4n) is 0.974. The first-order valence-electron chi connectivity index (χ1n) is 4.89. The Hall–Kier alpha value is -0.450. The third-order valence-electron chi connectivity index (χ3n) is 1.68. The van der Waals surface area contributed by atoms with Gasteiger partial charge in [0.05, 0.1) is 16.1 Å². The number of halogens is 3. The topological polar surface area (TPSA) is 35.5 Å². The Kier molecular flexibility index (Phi) is 5.56. The molecule has 0 saturated carbocycles. The first-order chi connectivity index (χ1) is 7.90. The monoisotopic (exact) mass is 340 g/mol. The quantitative estimate of drug-likeness (QED) is 0.577. The van der Waals surface area contributed by atoms with Gasteiger partial charge < -0.3 is 9.47 Å². The zero-order valence-corrected chi connectivity index (χ0v) is 12.4. The molecule has 17 heavy (non-hydrogen) atoms. The van der Waals surface area contributed by atoms with Crippen molar-refractivity contribution in [3.05, 3.63) is 26.7 Å². The molecule has 0 aromatic heterocycles. The van der Waals surface area contributed by atoms with Gasteiger partial charge in [-0.05, 0) is 34.0 Å². The lowest BCUT2D eigenvalue weighted by Crippen LogP contribution is -2.14. The van der Waals surface area contributed by atoms with E-state index in [0.717, 1.165) is 0 Å². The van der Waals surface area contributed by atoms with Gasteiger partial charge in [0.25, 0.3) is 0 Å². The highest BCUT2D eigenvalue weighted by Crippen LogP contribution is 2.36. The summed E-state index contributed by atoms with van der Waals surface area (Å²) < 4.78 is 10.4. The zero-order chi connectivity index (χ0) is 13.0. The van der Waals surface area contributed by atoms with E-state index < -0.39 is 6.16 Å². The highest BCUT2D eigenvalue weighted by Gasteiger charge is 2.14. The second-order valence-corrected chi connectivity index (χ2v) is 5.45. The van der Waals surface area contributed by atoms with Crippen LogP contribution in [-0.4, -0.2) is 12.8 Å². The van der Waals surface area contributed by atoms with E-state index in [-0.39, 0.29) is 16.7 Å². The number of hydrogen-bond acceptors (Lipinski definition) is 3. The van der Waals surface area contributed by atoms with Gasteiger partial charge in [0.15, 0.2) is 5.75 Å². The van der Waals surface area contributed by atoms with Gasteiger partial charge in [0.1, 0.15) is 0 Å². The normalized spacial score (nSPS) is 10.5. The second-order valence-electron chi connectivity index (χ2n) is 3.76. The van der Waals surface area contributed by atoms with Crippen LogP contribution in [0.3, 0.4) is 0 Å². The van der Waals surface area contributed by atoms with E-state index in [1.807, 2.05) is 13.8 Å². The molecule has 3 nitrogen and oxygen atoms in total. The van der Waals surface area contributed by atoms with Gasteiger partial charge >= 0.3 is 6.16 Å². The Morgan fingerprint density at radius 2 is 2.06 bits per heavy atom. The maximum absolute atomic E-state index is 11.3. The van der Waals surface area contributed by atoms with Crippen LogP contribution in [0.4, 0.5) is 4.79 Å². The molecule has 0 amide bonds. The van der Waals surface area contributed by atoms with Crippen LogP contribution in [0, 0.1) is 5.92 Å². The van der Waals surface area contributed by atoms with Gasteiger partial charge in [0.2, 0.25) is 0 Å².